The molecule has 2 unspecified atom stereocenters. The Labute approximate surface area is 156 Å². The first kappa shape index (κ1) is 19.1. The second-order valence-corrected chi connectivity index (χ2v) is 6.83. The Bertz CT molecular complexity index is 602. The third-order valence-electron chi connectivity index (χ3n) is 5.00. The predicted octanol–water partition coefficient (Wildman–Crippen LogP) is 4.18. The van der Waals surface area contributed by atoms with Gasteiger partial charge in [0, 0.05) is 13.0 Å². The van der Waals surface area contributed by atoms with E-state index >= 15 is 0 Å². The fraction of sp³-hybridized carbons (Fsp3) is 0.455. The van der Waals surface area contributed by atoms with Crippen molar-refractivity contribution in [3.05, 3.63) is 71.8 Å². The third kappa shape index (κ3) is 4.71. The molecule has 0 spiro atoms. The molecule has 0 saturated carbocycles. The first-order valence-corrected chi connectivity index (χ1v) is 9.18. The van der Waals surface area contributed by atoms with E-state index in [1.54, 1.807) is 7.11 Å². The second kappa shape index (κ2) is 9.28. The van der Waals surface area contributed by atoms with Crippen molar-refractivity contribution in [2.45, 2.75) is 51.7 Å². The van der Waals surface area contributed by atoms with Crippen molar-refractivity contribution in [1.82, 2.24) is 0 Å². The van der Waals surface area contributed by atoms with Gasteiger partial charge < -0.3 is 18.9 Å². The van der Waals surface area contributed by atoms with Gasteiger partial charge in [-0.2, -0.15) is 0 Å². The van der Waals surface area contributed by atoms with E-state index in [9.17, 15) is 0 Å². The average molecular weight is 356 g/mol. The molecule has 26 heavy (non-hydrogen) atoms. The van der Waals surface area contributed by atoms with Crippen LogP contribution in [0.5, 0.6) is 0 Å². The van der Waals surface area contributed by atoms with Crippen molar-refractivity contribution in [1.29, 1.82) is 0 Å². The number of methoxy groups -OCH3 is 1. The molecule has 0 aromatic heterocycles. The summed E-state index contributed by atoms with van der Waals surface area (Å²) in [6.45, 7) is 5.25. The zero-order valence-electron chi connectivity index (χ0n) is 15.7. The lowest BCUT2D eigenvalue weighted by atomic mass is 9.91. The molecule has 1 saturated heterocycles. The van der Waals surface area contributed by atoms with E-state index in [0.29, 0.717) is 13.2 Å². The standard InChI is InChI=1S/C22H28O4/c1-16-17(2)26-22(23-3)21(25-15-19-12-8-5-9-13-19)20(16)24-14-18-10-6-4-7-11-18/h4-13,16-17,20-22H,14-15H2,1-3H3/t16-,17+,20?,21+,22?/m1/s1. The maximum atomic E-state index is 6.30. The van der Waals surface area contributed by atoms with E-state index in [4.69, 9.17) is 18.9 Å². The Morgan fingerprint density at radius 3 is 1.77 bits per heavy atom. The molecule has 1 heterocycles. The lowest BCUT2D eigenvalue weighted by Crippen LogP contribution is -2.55. The van der Waals surface area contributed by atoms with Gasteiger partial charge in [-0.3, -0.25) is 0 Å². The quantitative estimate of drug-likeness (QED) is 0.746. The topological polar surface area (TPSA) is 36.9 Å². The van der Waals surface area contributed by atoms with Crippen molar-refractivity contribution in [2.75, 3.05) is 7.11 Å². The van der Waals surface area contributed by atoms with Crippen LogP contribution in [0.25, 0.3) is 0 Å². The Kier molecular flexibility index (Phi) is 6.80. The molecular formula is C22H28O4. The summed E-state index contributed by atoms with van der Waals surface area (Å²) < 4.78 is 24.1. The van der Waals surface area contributed by atoms with Gasteiger partial charge in [0.2, 0.25) is 0 Å². The molecule has 0 aliphatic carbocycles. The van der Waals surface area contributed by atoms with Gasteiger partial charge in [0.05, 0.1) is 25.4 Å². The van der Waals surface area contributed by atoms with E-state index in [2.05, 4.69) is 38.1 Å². The van der Waals surface area contributed by atoms with Crippen LogP contribution in [0.4, 0.5) is 0 Å². The summed E-state index contributed by atoms with van der Waals surface area (Å²) in [5.41, 5.74) is 2.27. The molecule has 0 radical (unpaired) electrons. The normalized spacial score (nSPS) is 28.8. The highest BCUT2D eigenvalue weighted by molar-refractivity contribution is 5.14. The monoisotopic (exact) mass is 356 g/mol. The number of rotatable bonds is 7. The minimum Gasteiger partial charge on any atom is -0.370 e. The fourth-order valence-electron chi connectivity index (χ4n) is 3.28. The van der Waals surface area contributed by atoms with Gasteiger partial charge in [-0.05, 0) is 18.1 Å². The summed E-state index contributed by atoms with van der Waals surface area (Å²) in [5.74, 6) is 0.200. The van der Waals surface area contributed by atoms with Crippen molar-refractivity contribution in [2.24, 2.45) is 5.92 Å². The minimum absolute atomic E-state index is 0.0392. The molecule has 2 aromatic rings. The van der Waals surface area contributed by atoms with Crippen LogP contribution in [0.2, 0.25) is 0 Å². The zero-order valence-corrected chi connectivity index (χ0v) is 15.7. The highest BCUT2D eigenvalue weighted by atomic mass is 16.7. The second-order valence-electron chi connectivity index (χ2n) is 6.83. The molecular weight excluding hydrogens is 328 g/mol. The highest BCUT2D eigenvalue weighted by Crippen LogP contribution is 2.31. The molecule has 0 N–H and O–H groups in total. The van der Waals surface area contributed by atoms with E-state index in [1.165, 1.54) is 0 Å². The SMILES string of the molecule is COC1O[C@@H](C)[C@@H](C)C(OCc2ccccc2)[C@@H]1OCc1ccccc1. The smallest absolute Gasteiger partial charge is 0.186 e. The molecule has 4 heteroatoms. The zero-order chi connectivity index (χ0) is 18.4. The number of benzene rings is 2. The molecule has 1 aliphatic heterocycles. The van der Waals surface area contributed by atoms with Gasteiger partial charge in [0.1, 0.15) is 6.10 Å². The molecule has 1 fully saturated rings. The number of hydrogen-bond acceptors (Lipinski definition) is 4. The van der Waals surface area contributed by atoms with E-state index in [1.807, 2.05) is 36.4 Å². The average Bonchev–Trinajstić information content (AvgIpc) is 2.69. The molecule has 5 atom stereocenters. The van der Waals surface area contributed by atoms with Crippen LogP contribution >= 0.6 is 0 Å². The Morgan fingerprint density at radius 2 is 1.27 bits per heavy atom. The highest BCUT2D eigenvalue weighted by Gasteiger charge is 2.44. The molecule has 140 valence electrons. The van der Waals surface area contributed by atoms with Crippen LogP contribution in [0, 0.1) is 5.92 Å². The van der Waals surface area contributed by atoms with Gasteiger partial charge in [-0.15, -0.1) is 0 Å². The largest absolute Gasteiger partial charge is 0.370 e. The maximum Gasteiger partial charge on any atom is 0.186 e. The van der Waals surface area contributed by atoms with Gasteiger partial charge in [0.25, 0.3) is 0 Å². The summed E-state index contributed by atoms with van der Waals surface area (Å²) in [4.78, 5) is 0. The number of ether oxygens (including phenoxy) is 4. The first-order valence-electron chi connectivity index (χ1n) is 9.18. The maximum absolute atomic E-state index is 6.30. The van der Waals surface area contributed by atoms with Crippen molar-refractivity contribution in [3.63, 3.8) is 0 Å². The van der Waals surface area contributed by atoms with Crippen LogP contribution in [0.3, 0.4) is 0 Å². The third-order valence-corrected chi connectivity index (χ3v) is 5.00. The molecule has 2 aromatic carbocycles. The van der Waals surface area contributed by atoms with Gasteiger partial charge in [-0.25, -0.2) is 0 Å². The van der Waals surface area contributed by atoms with Crippen LogP contribution < -0.4 is 0 Å². The lowest BCUT2D eigenvalue weighted by molar-refractivity contribution is -0.294. The van der Waals surface area contributed by atoms with E-state index < -0.39 is 6.29 Å². The summed E-state index contributed by atoms with van der Waals surface area (Å²) in [7, 11) is 1.65. The Hall–Kier alpha value is -1.72. The summed E-state index contributed by atoms with van der Waals surface area (Å²) in [5, 5.41) is 0. The number of hydrogen-bond donors (Lipinski definition) is 0. The Balaban J connectivity index is 1.71. The van der Waals surface area contributed by atoms with Crippen molar-refractivity contribution >= 4 is 0 Å². The Morgan fingerprint density at radius 1 is 0.769 bits per heavy atom. The predicted molar refractivity (Wildman–Crippen MR) is 101 cm³/mol. The van der Waals surface area contributed by atoms with Gasteiger partial charge >= 0.3 is 0 Å². The fourth-order valence-corrected chi connectivity index (χ4v) is 3.28. The van der Waals surface area contributed by atoms with Crippen LogP contribution in [0.1, 0.15) is 25.0 Å². The van der Waals surface area contributed by atoms with Gasteiger partial charge in [-0.1, -0.05) is 67.6 Å². The molecule has 4 nitrogen and oxygen atoms in total. The lowest BCUT2D eigenvalue weighted by Gasteiger charge is -2.43. The first-order chi connectivity index (χ1) is 12.7. The van der Waals surface area contributed by atoms with Crippen molar-refractivity contribution < 1.29 is 18.9 Å². The van der Waals surface area contributed by atoms with Crippen molar-refractivity contribution in [3.8, 4) is 0 Å². The summed E-state index contributed by atoms with van der Waals surface area (Å²) >= 11 is 0. The van der Waals surface area contributed by atoms with Gasteiger partial charge in [0.15, 0.2) is 6.29 Å². The molecule has 0 bridgehead atoms. The molecule has 3 rings (SSSR count). The molecule has 1 aliphatic rings. The van der Waals surface area contributed by atoms with Crippen LogP contribution in [0.15, 0.2) is 60.7 Å². The van der Waals surface area contributed by atoms with E-state index in [-0.39, 0.29) is 24.2 Å². The van der Waals surface area contributed by atoms with E-state index in [0.717, 1.165) is 11.1 Å². The summed E-state index contributed by atoms with van der Waals surface area (Å²) in [6.07, 6.45) is -0.786. The van der Waals surface area contributed by atoms with Crippen LogP contribution in [-0.4, -0.2) is 31.7 Å². The summed E-state index contributed by atoms with van der Waals surface area (Å²) in [6, 6.07) is 20.3. The molecule has 0 amide bonds. The van der Waals surface area contributed by atoms with Crippen LogP contribution in [-0.2, 0) is 32.2 Å². The minimum atomic E-state index is -0.439.